The van der Waals surface area contributed by atoms with Crippen LogP contribution in [0.5, 0.6) is 0 Å². The number of aromatic nitrogens is 1. The lowest BCUT2D eigenvalue weighted by Crippen LogP contribution is -2.19. The number of Topliss-reactive ketones (excluding diaryl/α,β-unsaturated/α-hetero) is 1. The lowest BCUT2D eigenvalue weighted by Gasteiger charge is -2.15. The molecule has 1 aromatic heterocycles. The quantitative estimate of drug-likeness (QED) is 0.862. The molecule has 2 rings (SSSR count). The summed E-state index contributed by atoms with van der Waals surface area (Å²) in [7, 11) is 0. The summed E-state index contributed by atoms with van der Waals surface area (Å²) in [5, 5.41) is 0. The second-order valence-electron chi connectivity index (χ2n) is 4.24. The van der Waals surface area contributed by atoms with Crippen molar-refractivity contribution < 1.29 is 14.3 Å². The highest BCUT2D eigenvalue weighted by atomic mass is 16.5. The summed E-state index contributed by atoms with van der Waals surface area (Å²) in [6, 6.07) is 1.92. The van der Waals surface area contributed by atoms with E-state index in [4.69, 9.17) is 10.5 Å². The molecule has 0 saturated carbocycles. The summed E-state index contributed by atoms with van der Waals surface area (Å²) >= 11 is 0. The number of hydrogen-bond donors (Lipinski definition) is 1. The summed E-state index contributed by atoms with van der Waals surface area (Å²) in [6.07, 6.45) is 1.67. The van der Waals surface area contributed by atoms with Gasteiger partial charge in [0, 0.05) is 23.4 Å². The van der Waals surface area contributed by atoms with Crippen LogP contribution in [0.4, 0.5) is 4.79 Å². The lowest BCUT2D eigenvalue weighted by atomic mass is 9.97. The Hall–Kier alpha value is -1.78. The van der Waals surface area contributed by atoms with Gasteiger partial charge in [0.05, 0.1) is 6.54 Å². The maximum Gasteiger partial charge on any atom is 0.404 e. The molecule has 0 atom stereocenters. The predicted molar refractivity (Wildman–Crippen MR) is 62.0 cm³/mol. The number of carbonyl (C=O) groups is 2. The summed E-state index contributed by atoms with van der Waals surface area (Å²) in [4.78, 5) is 22.2. The maximum atomic E-state index is 11.7. The Balaban J connectivity index is 2.17. The van der Waals surface area contributed by atoms with Gasteiger partial charge in [-0.3, -0.25) is 4.79 Å². The fraction of sp³-hybridized carbons (Fsp3) is 0.500. The van der Waals surface area contributed by atoms with Gasteiger partial charge >= 0.3 is 6.09 Å². The van der Waals surface area contributed by atoms with E-state index in [-0.39, 0.29) is 12.4 Å². The van der Waals surface area contributed by atoms with Gasteiger partial charge in [0.1, 0.15) is 6.61 Å². The molecule has 1 aromatic rings. The number of nitrogens with zero attached hydrogens (tertiary/aromatic N) is 1. The van der Waals surface area contributed by atoms with Gasteiger partial charge in [-0.1, -0.05) is 0 Å². The number of hydrogen-bond acceptors (Lipinski definition) is 3. The number of carbonyl (C=O) groups excluding carboxylic acids is 2. The van der Waals surface area contributed by atoms with Crippen molar-refractivity contribution >= 4 is 11.9 Å². The Kier molecular flexibility index (Phi) is 3.17. The molecule has 0 aromatic carbocycles. The van der Waals surface area contributed by atoms with Crippen LogP contribution in [0.3, 0.4) is 0 Å². The lowest BCUT2D eigenvalue weighted by molar-refractivity contribution is 0.0971. The molecule has 0 aliphatic heterocycles. The number of primary amides is 1. The normalized spacial score (nSPS) is 14.5. The van der Waals surface area contributed by atoms with Gasteiger partial charge in [0.25, 0.3) is 0 Å². The van der Waals surface area contributed by atoms with Crippen LogP contribution >= 0.6 is 0 Å². The fourth-order valence-corrected chi connectivity index (χ4v) is 2.34. The van der Waals surface area contributed by atoms with Crippen LogP contribution in [-0.4, -0.2) is 23.1 Å². The van der Waals surface area contributed by atoms with Gasteiger partial charge in [-0.05, 0) is 25.8 Å². The van der Waals surface area contributed by atoms with Gasteiger partial charge in [-0.15, -0.1) is 0 Å². The van der Waals surface area contributed by atoms with Crippen LogP contribution in [-0.2, 0) is 17.7 Å². The molecule has 0 unspecified atom stereocenters. The Labute approximate surface area is 99.5 Å². The molecule has 2 N–H and O–H groups in total. The van der Waals surface area contributed by atoms with E-state index in [9.17, 15) is 9.59 Å². The number of ketones is 1. The highest BCUT2D eigenvalue weighted by Gasteiger charge is 2.22. The molecule has 1 aliphatic rings. The predicted octanol–water partition coefficient (Wildman–Crippen LogP) is 1.41. The molecule has 0 fully saturated rings. The van der Waals surface area contributed by atoms with Gasteiger partial charge in [-0.2, -0.15) is 0 Å². The van der Waals surface area contributed by atoms with E-state index in [0.29, 0.717) is 13.0 Å². The maximum absolute atomic E-state index is 11.7. The molecule has 0 bridgehead atoms. The van der Waals surface area contributed by atoms with Crippen LogP contribution in [0.1, 0.15) is 34.6 Å². The van der Waals surface area contributed by atoms with Gasteiger partial charge in [0.2, 0.25) is 0 Å². The van der Waals surface area contributed by atoms with Crippen molar-refractivity contribution in [1.82, 2.24) is 4.57 Å². The van der Waals surface area contributed by atoms with Crippen molar-refractivity contribution in [2.75, 3.05) is 6.61 Å². The highest BCUT2D eigenvalue weighted by Crippen LogP contribution is 2.24. The van der Waals surface area contributed by atoms with E-state index in [1.54, 1.807) is 0 Å². The SMILES string of the molecule is Cc1cc2c(n1CCOC(N)=O)CCCC2=O. The van der Waals surface area contributed by atoms with E-state index in [2.05, 4.69) is 0 Å². The zero-order valence-electron chi connectivity index (χ0n) is 9.86. The monoisotopic (exact) mass is 236 g/mol. The third kappa shape index (κ3) is 2.33. The first-order valence-corrected chi connectivity index (χ1v) is 5.74. The number of nitrogens with two attached hydrogens (primary N) is 1. The summed E-state index contributed by atoms with van der Waals surface area (Å²) in [5.41, 5.74) is 7.82. The van der Waals surface area contributed by atoms with E-state index in [0.717, 1.165) is 29.8 Å². The van der Waals surface area contributed by atoms with Crippen LogP contribution in [0, 0.1) is 6.92 Å². The minimum atomic E-state index is -0.764. The van der Waals surface area contributed by atoms with Gasteiger partial charge in [-0.25, -0.2) is 4.79 Å². The smallest absolute Gasteiger partial charge is 0.404 e. The molecule has 0 radical (unpaired) electrons. The molecule has 1 heterocycles. The molecule has 17 heavy (non-hydrogen) atoms. The van der Waals surface area contributed by atoms with E-state index in [1.807, 2.05) is 17.6 Å². The number of aryl methyl sites for hydroxylation is 1. The third-order valence-corrected chi connectivity index (χ3v) is 3.09. The summed E-state index contributed by atoms with van der Waals surface area (Å²) in [6.45, 7) is 2.75. The van der Waals surface area contributed by atoms with Crippen LogP contribution in [0.15, 0.2) is 6.07 Å². The molecule has 0 saturated heterocycles. The average Bonchev–Trinajstić information content (AvgIpc) is 2.57. The second-order valence-corrected chi connectivity index (χ2v) is 4.24. The van der Waals surface area contributed by atoms with Gasteiger partial charge < -0.3 is 15.0 Å². The first-order chi connectivity index (χ1) is 8.09. The van der Waals surface area contributed by atoms with Crippen LogP contribution in [0.2, 0.25) is 0 Å². The molecule has 5 heteroatoms. The molecule has 1 amide bonds. The number of amides is 1. The second kappa shape index (κ2) is 4.61. The van der Waals surface area contributed by atoms with Crippen molar-refractivity contribution in [3.63, 3.8) is 0 Å². The average molecular weight is 236 g/mol. The van der Waals surface area contributed by atoms with Crippen LogP contribution in [0.25, 0.3) is 0 Å². The number of ether oxygens (including phenoxy) is 1. The van der Waals surface area contributed by atoms with E-state index < -0.39 is 6.09 Å². The summed E-state index contributed by atoms with van der Waals surface area (Å²) in [5.74, 6) is 0.212. The zero-order chi connectivity index (χ0) is 12.4. The largest absolute Gasteiger partial charge is 0.448 e. The fourth-order valence-electron chi connectivity index (χ4n) is 2.34. The third-order valence-electron chi connectivity index (χ3n) is 3.09. The number of fused-ring (bicyclic) bond motifs is 1. The molecule has 1 aliphatic carbocycles. The number of rotatable bonds is 3. The van der Waals surface area contributed by atoms with E-state index in [1.165, 1.54) is 0 Å². The Morgan fingerprint density at radius 2 is 2.29 bits per heavy atom. The first-order valence-electron chi connectivity index (χ1n) is 5.74. The summed E-state index contributed by atoms with van der Waals surface area (Å²) < 4.78 is 6.76. The molecule has 0 spiro atoms. The standard InChI is InChI=1S/C12H16N2O3/c1-8-7-9-10(3-2-4-11(9)15)14(8)5-6-17-12(13)16/h7H,2-6H2,1H3,(H2,13,16). The molecular formula is C12H16N2O3. The van der Waals surface area contributed by atoms with Crippen molar-refractivity contribution in [2.45, 2.75) is 32.7 Å². The Morgan fingerprint density at radius 1 is 1.53 bits per heavy atom. The van der Waals surface area contributed by atoms with Crippen LogP contribution < -0.4 is 5.73 Å². The molecular weight excluding hydrogens is 220 g/mol. The minimum absolute atomic E-state index is 0.212. The van der Waals surface area contributed by atoms with Crippen molar-refractivity contribution in [1.29, 1.82) is 0 Å². The Morgan fingerprint density at radius 3 is 3.00 bits per heavy atom. The first kappa shape index (κ1) is 11.7. The molecule has 92 valence electrons. The van der Waals surface area contributed by atoms with E-state index >= 15 is 0 Å². The van der Waals surface area contributed by atoms with Crippen molar-refractivity contribution in [2.24, 2.45) is 5.73 Å². The molecule has 5 nitrogen and oxygen atoms in total. The Bertz CT molecular complexity index is 463. The topological polar surface area (TPSA) is 74.3 Å². The van der Waals surface area contributed by atoms with Crippen molar-refractivity contribution in [3.8, 4) is 0 Å². The minimum Gasteiger partial charge on any atom is -0.448 e. The van der Waals surface area contributed by atoms with Crippen molar-refractivity contribution in [3.05, 3.63) is 23.0 Å². The highest BCUT2D eigenvalue weighted by molar-refractivity contribution is 5.98. The van der Waals surface area contributed by atoms with Gasteiger partial charge in [0.15, 0.2) is 5.78 Å². The zero-order valence-corrected chi connectivity index (χ0v) is 9.86.